The average molecular weight is 812 g/mol. The molecule has 57 heavy (non-hydrogen) atoms. The van der Waals surface area contributed by atoms with Gasteiger partial charge in [0, 0.05) is 62.2 Å². The van der Waals surface area contributed by atoms with Gasteiger partial charge in [-0.1, -0.05) is 30.3 Å². The van der Waals surface area contributed by atoms with Gasteiger partial charge in [-0.05, 0) is 98.1 Å². The number of nitrogens with one attached hydrogen (secondary N) is 2. The van der Waals surface area contributed by atoms with Crippen molar-refractivity contribution in [2.75, 3.05) is 55.3 Å². The maximum absolute atomic E-state index is 13.9. The summed E-state index contributed by atoms with van der Waals surface area (Å²) in [6.07, 6.45) is 1.33. The molecule has 2 N–H and O–H groups in total. The Hall–Kier alpha value is -5.71. The first-order valence-corrected chi connectivity index (χ1v) is 21.1. The molecule has 1 fully saturated rings. The predicted octanol–water partition coefficient (Wildman–Crippen LogP) is 6.88. The summed E-state index contributed by atoms with van der Waals surface area (Å²) in [7, 11) is -4.62. The molecule has 16 heteroatoms. The summed E-state index contributed by atoms with van der Waals surface area (Å²) < 4.78 is 41.8. The Labute approximate surface area is 336 Å². The van der Waals surface area contributed by atoms with Crippen LogP contribution in [0.5, 0.6) is 11.5 Å². The number of nitro groups is 1. The molecule has 4 aromatic carbocycles. The van der Waals surface area contributed by atoms with E-state index in [1.165, 1.54) is 24.4 Å². The molecule has 2 heterocycles. The second-order valence-electron chi connectivity index (χ2n) is 13.5. The third-order valence-corrected chi connectivity index (χ3v) is 11.3. The Balaban J connectivity index is 1.25. The van der Waals surface area contributed by atoms with E-state index < -0.39 is 26.5 Å². The molecule has 5 aromatic rings. The van der Waals surface area contributed by atoms with Gasteiger partial charge in [-0.2, -0.15) is 5.10 Å². The number of nitrogens with zero attached hydrogens (tertiary/aromatic N) is 5. The number of carbonyl (C=O) groups excluding carboxylic acids is 1. The summed E-state index contributed by atoms with van der Waals surface area (Å²) in [5.41, 5.74) is 2.81. The molecule has 1 saturated heterocycles. The first-order valence-electron chi connectivity index (χ1n) is 18.6. The minimum atomic E-state index is -4.62. The van der Waals surface area contributed by atoms with Crippen molar-refractivity contribution in [3.05, 3.63) is 125 Å². The first-order chi connectivity index (χ1) is 27.5. The number of carbonyl (C=O) groups is 1. The van der Waals surface area contributed by atoms with Crippen molar-refractivity contribution in [1.29, 1.82) is 0 Å². The van der Waals surface area contributed by atoms with Crippen molar-refractivity contribution in [1.82, 2.24) is 19.8 Å². The molecule has 1 aromatic heterocycles. The number of amides is 1. The van der Waals surface area contributed by atoms with E-state index in [-0.39, 0.29) is 28.1 Å². The van der Waals surface area contributed by atoms with Crippen LogP contribution in [0.15, 0.2) is 113 Å². The number of piperazine rings is 1. The molecule has 0 spiro atoms. The van der Waals surface area contributed by atoms with Crippen LogP contribution in [0.2, 0.25) is 0 Å². The zero-order chi connectivity index (χ0) is 40.4. The summed E-state index contributed by atoms with van der Waals surface area (Å²) in [4.78, 5) is 29.5. The third kappa shape index (κ3) is 11.0. The SMILES string of the molecule is CCOc1cccc(-c2cc(CN3CCN(c4cc(NCCSc5ccccc5)c([N+](=O)[O-])cc4S(=O)(=O)NC(=O)c4cccnn4)CC3)cc(OC(C)C)c2)c1. The van der Waals surface area contributed by atoms with Crippen LogP contribution in [0.3, 0.4) is 0 Å². The molecule has 0 saturated carbocycles. The molecule has 1 aliphatic rings. The molecule has 0 aliphatic carbocycles. The highest BCUT2D eigenvalue weighted by molar-refractivity contribution is 7.99. The van der Waals surface area contributed by atoms with E-state index >= 15 is 0 Å². The van der Waals surface area contributed by atoms with E-state index in [9.17, 15) is 23.3 Å². The highest BCUT2D eigenvalue weighted by atomic mass is 32.2. The van der Waals surface area contributed by atoms with Crippen molar-refractivity contribution in [3.63, 3.8) is 0 Å². The Morgan fingerprint density at radius 1 is 0.930 bits per heavy atom. The molecule has 14 nitrogen and oxygen atoms in total. The third-order valence-electron chi connectivity index (χ3n) is 8.96. The minimum absolute atomic E-state index is 0.0222. The molecule has 298 valence electrons. The van der Waals surface area contributed by atoms with Gasteiger partial charge in [0.25, 0.3) is 21.6 Å². The molecule has 0 bridgehead atoms. The quantitative estimate of drug-likeness (QED) is 0.0432. The number of nitro benzene ring substituents is 1. The smallest absolute Gasteiger partial charge is 0.293 e. The first kappa shape index (κ1) is 40.9. The van der Waals surface area contributed by atoms with Gasteiger partial charge in [0.15, 0.2) is 5.69 Å². The lowest BCUT2D eigenvalue weighted by molar-refractivity contribution is -0.384. The highest BCUT2D eigenvalue weighted by Gasteiger charge is 2.31. The van der Waals surface area contributed by atoms with Gasteiger partial charge < -0.3 is 19.7 Å². The van der Waals surface area contributed by atoms with E-state index in [0.717, 1.165) is 39.2 Å². The number of rotatable bonds is 17. The van der Waals surface area contributed by atoms with E-state index in [1.807, 2.05) is 97.1 Å². The lowest BCUT2D eigenvalue weighted by Gasteiger charge is -2.37. The Morgan fingerprint density at radius 3 is 2.40 bits per heavy atom. The Kier molecular flexibility index (Phi) is 13.6. The zero-order valence-corrected chi connectivity index (χ0v) is 33.6. The molecule has 1 amide bonds. The largest absolute Gasteiger partial charge is 0.494 e. The summed E-state index contributed by atoms with van der Waals surface area (Å²) in [5, 5.41) is 22.9. The van der Waals surface area contributed by atoms with Crippen molar-refractivity contribution >= 4 is 44.8 Å². The molecular weight excluding hydrogens is 767 g/mol. The van der Waals surface area contributed by atoms with Gasteiger partial charge in [0.2, 0.25) is 0 Å². The standard InChI is InChI=1S/C41H45N7O7S2/c1-4-54-33-11-8-10-31(24-33)32-22-30(23-34(25-32)55-29(2)3)28-46-17-19-47(20-18-46)39-26-37(42-16-21-56-35-12-6-5-7-13-35)38(48(50)51)27-40(39)57(52,53)45-41(49)36-14-9-15-43-44-36/h5-15,22-27,29,42H,4,16-21,28H2,1-3H3,(H,45,49). The normalized spacial score (nSPS) is 13.3. The van der Waals surface area contributed by atoms with Crippen molar-refractivity contribution < 1.29 is 27.6 Å². The van der Waals surface area contributed by atoms with Gasteiger partial charge in [0.05, 0.1) is 23.3 Å². The van der Waals surface area contributed by atoms with E-state index in [4.69, 9.17) is 9.47 Å². The number of thioether (sulfide) groups is 1. The fraction of sp³-hybridized carbons (Fsp3) is 0.293. The summed E-state index contributed by atoms with van der Waals surface area (Å²) in [6, 6.07) is 29.2. The van der Waals surface area contributed by atoms with E-state index in [2.05, 4.69) is 26.5 Å². The van der Waals surface area contributed by atoms with E-state index in [0.29, 0.717) is 51.6 Å². The highest BCUT2D eigenvalue weighted by Crippen LogP contribution is 2.37. The molecular formula is C41H45N7O7S2. The van der Waals surface area contributed by atoms with Gasteiger partial charge in [-0.15, -0.1) is 16.9 Å². The minimum Gasteiger partial charge on any atom is -0.494 e. The lowest BCUT2D eigenvalue weighted by Crippen LogP contribution is -2.46. The van der Waals surface area contributed by atoms with Crippen LogP contribution in [0.25, 0.3) is 11.1 Å². The van der Waals surface area contributed by atoms with Crippen molar-refractivity contribution in [2.24, 2.45) is 0 Å². The van der Waals surface area contributed by atoms with E-state index in [1.54, 1.807) is 11.8 Å². The average Bonchev–Trinajstić information content (AvgIpc) is 3.20. The molecule has 0 atom stereocenters. The molecule has 6 rings (SSSR count). The maximum Gasteiger partial charge on any atom is 0.293 e. The van der Waals surface area contributed by atoms with Gasteiger partial charge in [-0.3, -0.25) is 19.8 Å². The fourth-order valence-electron chi connectivity index (χ4n) is 6.43. The van der Waals surface area contributed by atoms with Crippen LogP contribution in [-0.4, -0.2) is 85.5 Å². The summed E-state index contributed by atoms with van der Waals surface area (Å²) in [5.74, 6) is 1.14. The van der Waals surface area contributed by atoms with Gasteiger partial charge in [-0.25, -0.2) is 13.1 Å². The topological polar surface area (TPSA) is 169 Å². The lowest BCUT2D eigenvalue weighted by atomic mass is 10.0. The monoisotopic (exact) mass is 811 g/mol. The molecule has 0 radical (unpaired) electrons. The van der Waals surface area contributed by atoms with Gasteiger partial charge >= 0.3 is 0 Å². The van der Waals surface area contributed by atoms with Crippen molar-refractivity contribution in [2.45, 2.75) is 43.2 Å². The molecule has 0 unspecified atom stereocenters. The number of anilines is 2. The second kappa shape index (κ2) is 19.0. The number of hydrogen-bond acceptors (Lipinski definition) is 13. The number of benzene rings is 4. The fourth-order valence-corrected chi connectivity index (χ4v) is 8.41. The zero-order valence-electron chi connectivity index (χ0n) is 32.0. The maximum atomic E-state index is 13.9. The number of ether oxygens (including phenoxy) is 2. The Morgan fingerprint density at radius 2 is 1.70 bits per heavy atom. The van der Waals surface area contributed by atoms with Crippen LogP contribution in [0, 0.1) is 10.1 Å². The number of hydrogen-bond donors (Lipinski definition) is 2. The van der Waals surface area contributed by atoms with Crippen LogP contribution in [0.4, 0.5) is 17.1 Å². The summed E-state index contributed by atoms with van der Waals surface area (Å²) in [6.45, 7) is 9.40. The van der Waals surface area contributed by atoms with Crippen molar-refractivity contribution in [3.8, 4) is 22.6 Å². The predicted molar refractivity (Wildman–Crippen MR) is 222 cm³/mol. The Bertz CT molecular complexity index is 2270. The molecule has 1 aliphatic heterocycles. The van der Waals surface area contributed by atoms with Crippen LogP contribution < -0.4 is 24.4 Å². The van der Waals surface area contributed by atoms with Crippen LogP contribution in [0.1, 0.15) is 36.8 Å². The number of sulfonamides is 1. The summed E-state index contributed by atoms with van der Waals surface area (Å²) >= 11 is 1.59. The van der Waals surface area contributed by atoms with Crippen LogP contribution in [-0.2, 0) is 16.6 Å². The van der Waals surface area contributed by atoms with Crippen LogP contribution >= 0.6 is 11.8 Å². The second-order valence-corrected chi connectivity index (χ2v) is 16.3. The number of aromatic nitrogens is 2. The van der Waals surface area contributed by atoms with Gasteiger partial charge in [0.1, 0.15) is 22.1 Å².